The van der Waals surface area contributed by atoms with Crippen molar-refractivity contribution in [3.63, 3.8) is 0 Å². The van der Waals surface area contributed by atoms with Crippen molar-refractivity contribution in [3.05, 3.63) is 12.2 Å². The Hall–Kier alpha value is -2.84. The lowest BCUT2D eigenvalue weighted by Crippen LogP contribution is -2.45. The van der Waals surface area contributed by atoms with E-state index in [0.717, 1.165) is 0 Å². The maximum atomic E-state index is 12.9. The summed E-state index contributed by atoms with van der Waals surface area (Å²) >= 11 is 0. The van der Waals surface area contributed by atoms with Crippen LogP contribution < -0.4 is 11.1 Å². The van der Waals surface area contributed by atoms with Gasteiger partial charge in [-0.15, -0.1) is 0 Å². The monoisotopic (exact) mass is 477 g/mol. The van der Waals surface area contributed by atoms with E-state index in [0.29, 0.717) is 51.5 Å². The molecule has 0 unspecified atom stereocenters. The second-order valence-corrected chi connectivity index (χ2v) is 9.16. The summed E-state index contributed by atoms with van der Waals surface area (Å²) in [5.41, 5.74) is 5.15. The lowest BCUT2D eigenvalue weighted by atomic mass is 9.88. The third kappa shape index (κ3) is 10.4. The predicted octanol–water partition coefficient (Wildman–Crippen LogP) is 2.21. The zero-order valence-electron chi connectivity index (χ0n) is 20.6. The van der Waals surface area contributed by atoms with Gasteiger partial charge in [0.25, 0.3) is 11.8 Å². The van der Waals surface area contributed by atoms with E-state index >= 15 is 0 Å². The summed E-state index contributed by atoms with van der Waals surface area (Å²) in [7, 11) is 0. The Morgan fingerprint density at radius 2 is 1.56 bits per heavy atom. The molecule has 1 aliphatic rings. The molecule has 0 radical (unpaired) electrons. The van der Waals surface area contributed by atoms with Gasteiger partial charge in [-0.2, -0.15) is 0 Å². The van der Waals surface area contributed by atoms with E-state index in [1.54, 1.807) is 6.92 Å². The van der Waals surface area contributed by atoms with Crippen molar-refractivity contribution in [1.29, 1.82) is 0 Å². The van der Waals surface area contributed by atoms with Crippen molar-refractivity contribution in [2.24, 2.45) is 17.6 Å². The lowest BCUT2D eigenvalue weighted by Gasteiger charge is -2.24. The lowest BCUT2D eigenvalue weighted by molar-refractivity contribution is -0.137. The number of nitrogens with one attached hydrogen (secondary N) is 1. The molecule has 1 heterocycles. The molecule has 0 spiro atoms. The molecule has 1 aliphatic heterocycles. The van der Waals surface area contributed by atoms with Crippen LogP contribution in [0, 0.1) is 11.8 Å². The molecule has 0 fully saturated rings. The number of primary amides is 1. The van der Waals surface area contributed by atoms with Gasteiger partial charge in [-0.3, -0.25) is 33.7 Å². The molecule has 9 heteroatoms. The fourth-order valence-electron chi connectivity index (χ4n) is 3.89. The SMILES string of the molecule is CCC(=O)[C@H](CCCCC(N)=O)NC(=O)[C@@H](CC(=O)CCCCCN1C(=O)C=CC1=O)C(C)C. The van der Waals surface area contributed by atoms with E-state index < -0.39 is 17.9 Å². The first-order valence-electron chi connectivity index (χ1n) is 12.2. The Labute approximate surface area is 201 Å². The molecular weight excluding hydrogens is 438 g/mol. The summed E-state index contributed by atoms with van der Waals surface area (Å²) in [5, 5.41) is 2.83. The number of rotatable bonds is 18. The molecule has 4 amide bonds. The van der Waals surface area contributed by atoms with Gasteiger partial charge in [-0.1, -0.05) is 33.6 Å². The second-order valence-electron chi connectivity index (χ2n) is 9.16. The zero-order valence-corrected chi connectivity index (χ0v) is 20.6. The number of nitrogens with two attached hydrogens (primary N) is 1. The van der Waals surface area contributed by atoms with Gasteiger partial charge in [0, 0.05) is 50.3 Å². The molecule has 0 bridgehead atoms. The summed E-state index contributed by atoms with van der Waals surface area (Å²) in [6, 6.07) is -0.632. The summed E-state index contributed by atoms with van der Waals surface area (Å²) < 4.78 is 0. The van der Waals surface area contributed by atoms with Crippen molar-refractivity contribution >= 4 is 35.2 Å². The van der Waals surface area contributed by atoms with Crippen LogP contribution in [0.5, 0.6) is 0 Å². The van der Waals surface area contributed by atoms with E-state index in [9.17, 15) is 28.8 Å². The van der Waals surface area contributed by atoms with Crippen LogP contribution in [0.1, 0.15) is 85.0 Å². The number of Topliss-reactive ketones (excluding diaryl/α,β-unsaturated/α-hetero) is 2. The number of ketones is 2. The molecular formula is C25H39N3O6. The van der Waals surface area contributed by atoms with E-state index in [2.05, 4.69) is 5.32 Å². The van der Waals surface area contributed by atoms with Crippen molar-refractivity contribution in [2.45, 2.75) is 91.0 Å². The number of unbranched alkanes of at least 4 members (excludes halogenated alkanes) is 3. The normalized spacial score (nSPS) is 15.0. The number of carbonyl (C=O) groups is 6. The third-order valence-corrected chi connectivity index (χ3v) is 6.05. The number of hydrogen-bond donors (Lipinski definition) is 2. The maximum Gasteiger partial charge on any atom is 0.253 e. The van der Waals surface area contributed by atoms with Crippen molar-refractivity contribution < 1.29 is 28.8 Å². The van der Waals surface area contributed by atoms with E-state index in [4.69, 9.17) is 5.73 Å². The van der Waals surface area contributed by atoms with Crippen LogP contribution in [0.3, 0.4) is 0 Å². The summed E-state index contributed by atoms with van der Waals surface area (Å²) in [4.78, 5) is 72.9. The van der Waals surface area contributed by atoms with E-state index in [1.165, 1.54) is 17.1 Å². The van der Waals surface area contributed by atoms with Gasteiger partial charge in [0.2, 0.25) is 11.8 Å². The molecule has 0 saturated heterocycles. The van der Waals surface area contributed by atoms with Gasteiger partial charge >= 0.3 is 0 Å². The molecule has 0 aromatic heterocycles. The van der Waals surface area contributed by atoms with Gasteiger partial charge in [0.05, 0.1) is 6.04 Å². The molecule has 190 valence electrons. The number of nitrogens with zero attached hydrogens (tertiary/aromatic N) is 1. The summed E-state index contributed by atoms with van der Waals surface area (Å²) in [6.07, 6.45) is 6.97. The Balaban J connectivity index is 2.48. The van der Waals surface area contributed by atoms with Crippen LogP contribution in [0.2, 0.25) is 0 Å². The Bertz CT molecular complexity index is 772. The van der Waals surface area contributed by atoms with Gasteiger partial charge in [0.15, 0.2) is 5.78 Å². The topological polar surface area (TPSA) is 144 Å². The fourth-order valence-corrected chi connectivity index (χ4v) is 3.89. The molecule has 0 saturated carbocycles. The van der Waals surface area contributed by atoms with Crippen LogP contribution in [0.4, 0.5) is 0 Å². The quantitative estimate of drug-likeness (QED) is 0.229. The Morgan fingerprint density at radius 1 is 0.941 bits per heavy atom. The first-order chi connectivity index (χ1) is 16.1. The third-order valence-electron chi connectivity index (χ3n) is 6.05. The number of carbonyl (C=O) groups excluding carboxylic acids is 6. The van der Waals surface area contributed by atoms with Gasteiger partial charge in [0.1, 0.15) is 5.78 Å². The molecule has 0 aliphatic carbocycles. The highest BCUT2D eigenvalue weighted by Gasteiger charge is 2.28. The van der Waals surface area contributed by atoms with Crippen LogP contribution in [0.15, 0.2) is 12.2 Å². The molecule has 0 aromatic rings. The molecule has 2 atom stereocenters. The number of imide groups is 1. The minimum absolute atomic E-state index is 0.0244. The highest BCUT2D eigenvalue weighted by molar-refractivity contribution is 6.12. The summed E-state index contributed by atoms with van der Waals surface area (Å²) in [5.74, 6) is -2.01. The maximum absolute atomic E-state index is 12.9. The average molecular weight is 478 g/mol. The molecule has 34 heavy (non-hydrogen) atoms. The van der Waals surface area contributed by atoms with Crippen LogP contribution in [0.25, 0.3) is 0 Å². The van der Waals surface area contributed by atoms with Crippen LogP contribution in [-0.2, 0) is 28.8 Å². The van der Waals surface area contributed by atoms with Crippen LogP contribution in [-0.4, -0.2) is 52.7 Å². The highest BCUT2D eigenvalue weighted by Crippen LogP contribution is 2.19. The Kier molecular flexibility index (Phi) is 13.0. The number of amides is 4. The highest BCUT2D eigenvalue weighted by atomic mass is 16.2. The van der Waals surface area contributed by atoms with Crippen LogP contribution >= 0.6 is 0 Å². The van der Waals surface area contributed by atoms with E-state index in [-0.39, 0.29) is 54.5 Å². The van der Waals surface area contributed by atoms with Crippen molar-refractivity contribution in [3.8, 4) is 0 Å². The average Bonchev–Trinajstić information content (AvgIpc) is 3.10. The number of hydrogen-bond acceptors (Lipinski definition) is 6. The molecule has 0 aromatic carbocycles. The molecule has 9 nitrogen and oxygen atoms in total. The first-order valence-corrected chi connectivity index (χ1v) is 12.2. The van der Waals surface area contributed by atoms with Gasteiger partial charge in [-0.25, -0.2) is 0 Å². The molecule has 3 N–H and O–H groups in total. The van der Waals surface area contributed by atoms with Crippen molar-refractivity contribution in [2.75, 3.05) is 6.54 Å². The Morgan fingerprint density at radius 3 is 2.12 bits per heavy atom. The summed E-state index contributed by atoms with van der Waals surface area (Å²) in [6.45, 7) is 5.82. The smallest absolute Gasteiger partial charge is 0.253 e. The fraction of sp³-hybridized carbons (Fsp3) is 0.680. The zero-order chi connectivity index (χ0) is 25.7. The predicted molar refractivity (Wildman–Crippen MR) is 127 cm³/mol. The standard InChI is InChI=1S/C25H39N3O6/c1-4-21(30)20(11-7-8-12-22(26)31)27-25(34)19(17(2)3)16-18(29)10-6-5-9-15-28-23(32)13-14-24(28)33/h13-14,17,19-20H,4-12,15-16H2,1-3H3,(H2,26,31)(H,27,34)/t19-,20-/m0/s1. The van der Waals surface area contributed by atoms with E-state index in [1.807, 2.05) is 13.8 Å². The second kappa shape index (κ2) is 15.1. The molecule has 1 rings (SSSR count). The van der Waals surface area contributed by atoms with Gasteiger partial charge < -0.3 is 11.1 Å². The van der Waals surface area contributed by atoms with Gasteiger partial charge in [-0.05, 0) is 31.6 Å². The van der Waals surface area contributed by atoms with Crippen molar-refractivity contribution in [1.82, 2.24) is 10.2 Å². The first kappa shape index (κ1) is 29.2. The minimum atomic E-state index is -0.632. The largest absolute Gasteiger partial charge is 0.370 e. The minimum Gasteiger partial charge on any atom is -0.370 e.